The van der Waals surface area contributed by atoms with Gasteiger partial charge in [0.05, 0.1) is 11.4 Å². The number of hydrogen-bond acceptors (Lipinski definition) is 3. The van der Waals surface area contributed by atoms with E-state index in [-0.39, 0.29) is 6.10 Å². The zero-order chi connectivity index (χ0) is 19.0. The summed E-state index contributed by atoms with van der Waals surface area (Å²) in [5.41, 5.74) is 0. The minimum atomic E-state index is -3.94. The minimum Gasteiger partial charge on any atom is -0.393 e. The lowest BCUT2D eigenvalue weighted by atomic mass is 10.0. The number of aliphatic hydroxyl groups is 1. The van der Waals surface area contributed by atoms with Crippen LogP contribution >= 0.6 is 0 Å². The van der Waals surface area contributed by atoms with E-state index in [1.54, 1.807) is 6.92 Å². The highest BCUT2D eigenvalue weighted by Gasteiger charge is 2.21. The van der Waals surface area contributed by atoms with E-state index >= 15 is 0 Å². The molecule has 0 aromatic heterocycles. The molecule has 4 nitrogen and oxygen atoms in total. The molecular weight excluding hydrogens is 336 g/mol. The van der Waals surface area contributed by atoms with Gasteiger partial charge in [0.2, 0.25) is 0 Å². The molecule has 0 saturated carbocycles. The SMILES string of the molecule is CCCCCCCCCCCCCC(CCCCC(C)O)S(=O)(=O)O. The van der Waals surface area contributed by atoms with E-state index in [1.165, 1.54) is 51.4 Å². The maximum atomic E-state index is 11.5. The Balaban J connectivity index is 3.65. The Hall–Kier alpha value is -0.130. The standard InChI is InChI=1S/C20H42O4S/c1-3-4-5-6-7-8-9-10-11-12-13-17-20(25(22,23)24)18-15-14-16-19(2)21/h19-21H,3-18H2,1-2H3,(H,22,23,24). The van der Waals surface area contributed by atoms with Crippen LogP contribution in [0.4, 0.5) is 0 Å². The third-order valence-electron chi connectivity index (χ3n) is 4.95. The van der Waals surface area contributed by atoms with Gasteiger partial charge in [0, 0.05) is 0 Å². The molecule has 0 saturated heterocycles. The van der Waals surface area contributed by atoms with Crippen molar-refractivity contribution in [1.82, 2.24) is 0 Å². The smallest absolute Gasteiger partial charge is 0.267 e. The second-order valence-electron chi connectivity index (χ2n) is 7.59. The van der Waals surface area contributed by atoms with Crippen LogP contribution < -0.4 is 0 Å². The molecule has 0 aliphatic rings. The molecule has 0 spiro atoms. The molecule has 2 N–H and O–H groups in total. The molecule has 25 heavy (non-hydrogen) atoms. The Morgan fingerprint density at radius 3 is 1.44 bits per heavy atom. The zero-order valence-electron chi connectivity index (χ0n) is 16.6. The van der Waals surface area contributed by atoms with Crippen LogP contribution in [0.15, 0.2) is 0 Å². The van der Waals surface area contributed by atoms with Gasteiger partial charge in [0.25, 0.3) is 10.1 Å². The molecule has 0 aliphatic heterocycles. The van der Waals surface area contributed by atoms with Gasteiger partial charge in [0.15, 0.2) is 0 Å². The van der Waals surface area contributed by atoms with Crippen LogP contribution in [0, 0.1) is 0 Å². The van der Waals surface area contributed by atoms with Gasteiger partial charge in [-0.15, -0.1) is 0 Å². The van der Waals surface area contributed by atoms with E-state index < -0.39 is 15.4 Å². The van der Waals surface area contributed by atoms with Crippen molar-refractivity contribution in [3.63, 3.8) is 0 Å². The maximum Gasteiger partial charge on any atom is 0.267 e. The van der Waals surface area contributed by atoms with Gasteiger partial charge < -0.3 is 5.11 Å². The van der Waals surface area contributed by atoms with Gasteiger partial charge in [0.1, 0.15) is 0 Å². The van der Waals surface area contributed by atoms with E-state index in [4.69, 9.17) is 0 Å². The van der Waals surface area contributed by atoms with Crippen LogP contribution in [0.2, 0.25) is 0 Å². The molecule has 0 aromatic rings. The topological polar surface area (TPSA) is 74.6 Å². The molecular formula is C20H42O4S. The summed E-state index contributed by atoms with van der Waals surface area (Å²) in [5.74, 6) is 0. The van der Waals surface area contributed by atoms with E-state index in [0.29, 0.717) is 19.3 Å². The van der Waals surface area contributed by atoms with Crippen molar-refractivity contribution in [2.24, 2.45) is 0 Å². The fourth-order valence-corrected chi connectivity index (χ4v) is 4.22. The van der Waals surface area contributed by atoms with Gasteiger partial charge in [-0.1, -0.05) is 90.4 Å². The third kappa shape index (κ3) is 17.1. The molecule has 0 aliphatic carbocycles. The molecule has 152 valence electrons. The van der Waals surface area contributed by atoms with Crippen LogP contribution in [0.3, 0.4) is 0 Å². The normalized spacial score (nSPS) is 14.6. The zero-order valence-corrected chi connectivity index (χ0v) is 17.4. The minimum absolute atomic E-state index is 0.337. The maximum absolute atomic E-state index is 11.5. The number of aliphatic hydroxyl groups excluding tert-OH is 1. The second-order valence-corrected chi connectivity index (χ2v) is 9.29. The lowest BCUT2D eigenvalue weighted by molar-refractivity contribution is 0.180. The Morgan fingerprint density at radius 2 is 1.04 bits per heavy atom. The average Bonchev–Trinajstić information content (AvgIpc) is 2.53. The summed E-state index contributed by atoms with van der Waals surface area (Å²) < 4.78 is 32.3. The summed E-state index contributed by atoms with van der Waals surface area (Å²) in [6.07, 6.45) is 16.6. The molecule has 2 atom stereocenters. The lowest BCUT2D eigenvalue weighted by Crippen LogP contribution is -2.20. The highest BCUT2D eigenvalue weighted by atomic mass is 32.2. The van der Waals surface area contributed by atoms with Crippen LogP contribution in [-0.4, -0.2) is 29.4 Å². The second kappa shape index (κ2) is 16.1. The molecule has 5 heteroatoms. The summed E-state index contributed by atoms with van der Waals surface area (Å²) in [6.45, 7) is 3.98. The third-order valence-corrected chi connectivity index (χ3v) is 6.26. The van der Waals surface area contributed by atoms with E-state index in [9.17, 15) is 18.1 Å². The van der Waals surface area contributed by atoms with Crippen molar-refractivity contribution in [3.8, 4) is 0 Å². The van der Waals surface area contributed by atoms with Crippen molar-refractivity contribution < 1.29 is 18.1 Å². The van der Waals surface area contributed by atoms with Crippen molar-refractivity contribution in [2.45, 2.75) is 128 Å². The Bertz CT molecular complexity index is 379. The van der Waals surface area contributed by atoms with Gasteiger partial charge in [-0.2, -0.15) is 8.42 Å². The highest BCUT2D eigenvalue weighted by Crippen LogP contribution is 2.19. The molecule has 0 amide bonds. The van der Waals surface area contributed by atoms with Crippen molar-refractivity contribution in [3.05, 3.63) is 0 Å². The quantitative estimate of drug-likeness (QED) is 0.230. The largest absolute Gasteiger partial charge is 0.393 e. The molecule has 0 heterocycles. The number of unbranched alkanes of at least 4 members (excludes halogenated alkanes) is 11. The van der Waals surface area contributed by atoms with E-state index in [1.807, 2.05) is 0 Å². The van der Waals surface area contributed by atoms with Gasteiger partial charge in [-0.3, -0.25) is 4.55 Å². The molecule has 0 radical (unpaired) electrons. The Morgan fingerprint density at radius 1 is 0.680 bits per heavy atom. The lowest BCUT2D eigenvalue weighted by Gasteiger charge is -2.14. The predicted octanol–water partition coefficient (Wildman–Crippen LogP) is 5.89. The summed E-state index contributed by atoms with van der Waals surface area (Å²) in [6, 6.07) is 0. The number of hydrogen-bond donors (Lipinski definition) is 2. The first kappa shape index (κ1) is 24.9. The fraction of sp³-hybridized carbons (Fsp3) is 1.00. The summed E-state index contributed by atoms with van der Waals surface area (Å²) in [4.78, 5) is 0. The van der Waals surface area contributed by atoms with Crippen molar-refractivity contribution in [1.29, 1.82) is 0 Å². The molecule has 2 unspecified atom stereocenters. The summed E-state index contributed by atoms with van der Waals surface area (Å²) >= 11 is 0. The van der Waals surface area contributed by atoms with Gasteiger partial charge in [-0.05, 0) is 26.2 Å². The molecule has 0 fully saturated rings. The van der Waals surface area contributed by atoms with Crippen LogP contribution in [0.1, 0.15) is 117 Å². The first-order chi connectivity index (χ1) is 11.9. The monoisotopic (exact) mass is 378 g/mol. The van der Waals surface area contributed by atoms with E-state index in [2.05, 4.69) is 6.92 Å². The van der Waals surface area contributed by atoms with Crippen molar-refractivity contribution >= 4 is 10.1 Å². The van der Waals surface area contributed by atoms with Gasteiger partial charge >= 0.3 is 0 Å². The predicted molar refractivity (Wildman–Crippen MR) is 107 cm³/mol. The van der Waals surface area contributed by atoms with Gasteiger partial charge in [-0.25, -0.2) is 0 Å². The highest BCUT2D eigenvalue weighted by molar-refractivity contribution is 7.86. The fourth-order valence-electron chi connectivity index (χ4n) is 3.29. The van der Waals surface area contributed by atoms with Crippen LogP contribution in [-0.2, 0) is 10.1 Å². The Kier molecular flexibility index (Phi) is 16.0. The summed E-state index contributed by atoms with van der Waals surface area (Å²) in [5, 5.41) is 8.60. The average molecular weight is 379 g/mol. The Labute approximate surface area is 156 Å². The number of rotatable bonds is 18. The molecule has 0 bridgehead atoms. The van der Waals surface area contributed by atoms with Crippen LogP contribution in [0.25, 0.3) is 0 Å². The first-order valence-electron chi connectivity index (χ1n) is 10.5. The first-order valence-corrected chi connectivity index (χ1v) is 12.0. The van der Waals surface area contributed by atoms with Crippen molar-refractivity contribution in [2.75, 3.05) is 0 Å². The van der Waals surface area contributed by atoms with E-state index in [0.717, 1.165) is 32.1 Å². The summed E-state index contributed by atoms with van der Waals surface area (Å²) in [7, 11) is -3.94. The molecule has 0 aromatic carbocycles. The molecule has 0 rings (SSSR count). The van der Waals surface area contributed by atoms with Crippen LogP contribution in [0.5, 0.6) is 0 Å².